The van der Waals surface area contributed by atoms with E-state index in [2.05, 4.69) is 10.1 Å². The van der Waals surface area contributed by atoms with Crippen LogP contribution in [0.15, 0.2) is 48.7 Å². The van der Waals surface area contributed by atoms with E-state index in [9.17, 15) is 31.9 Å². The van der Waals surface area contributed by atoms with Gasteiger partial charge in [-0.3, -0.25) is 9.69 Å². The number of fused-ring (bicyclic) bond motifs is 1. The Balaban J connectivity index is 1.49. The topological polar surface area (TPSA) is 83.2 Å². The van der Waals surface area contributed by atoms with Crippen molar-refractivity contribution in [1.29, 1.82) is 0 Å². The molecule has 5 rings (SSSR count). The standard InChI is InChI=1S/C29H28F5N5O3/c1-16-14-37(23(15-40)20-5-4-6-22(30)24(20)31)11-12-38(16)28(41)21-13-35-39-26(29(32,33)34)17(2)25(36-27(21)39)18-7-9-19(42-3)10-8-18/h4-10,13,16,23,40H,11-12,14-15H2,1-3H3/t16-,23+/m1/s1. The lowest BCUT2D eigenvalue weighted by Crippen LogP contribution is -2.55. The number of aromatic nitrogens is 3. The van der Waals surface area contributed by atoms with E-state index in [1.807, 2.05) is 0 Å². The second-order valence-corrected chi connectivity index (χ2v) is 10.1. The molecule has 1 aliphatic heterocycles. The summed E-state index contributed by atoms with van der Waals surface area (Å²) in [5.41, 5.74) is -1.09. The molecule has 13 heteroatoms. The van der Waals surface area contributed by atoms with Gasteiger partial charge in [-0.05, 0) is 44.2 Å². The molecule has 2 atom stereocenters. The number of carbonyl (C=O) groups excluding carboxylic acids is 1. The van der Waals surface area contributed by atoms with Crippen molar-refractivity contribution in [3.05, 3.63) is 82.7 Å². The van der Waals surface area contributed by atoms with E-state index >= 15 is 0 Å². The fourth-order valence-corrected chi connectivity index (χ4v) is 5.50. The lowest BCUT2D eigenvalue weighted by atomic mass is 10.0. The van der Waals surface area contributed by atoms with Crippen LogP contribution in [-0.4, -0.2) is 74.8 Å². The minimum absolute atomic E-state index is 0.00239. The van der Waals surface area contributed by atoms with Crippen molar-refractivity contribution >= 4 is 11.6 Å². The third kappa shape index (κ3) is 5.18. The minimum Gasteiger partial charge on any atom is -0.497 e. The number of benzene rings is 2. The van der Waals surface area contributed by atoms with Crippen LogP contribution >= 0.6 is 0 Å². The number of rotatable bonds is 6. The molecule has 0 saturated carbocycles. The number of carbonyl (C=O) groups is 1. The first kappa shape index (κ1) is 29.4. The lowest BCUT2D eigenvalue weighted by Gasteiger charge is -2.43. The molecule has 2 aromatic heterocycles. The van der Waals surface area contributed by atoms with Gasteiger partial charge in [0.15, 0.2) is 23.0 Å². The summed E-state index contributed by atoms with van der Waals surface area (Å²) in [5, 5.41) is 13.9. The molecule has 222 valence electrons. The van der Waals surface area contributed by atoms with Crippen LogP contribution in [0, 0.1) is 18.6 Å². The number of hydrogen-bond donors (Lipinski definition) is 1. The summed E-state index contributed by atoms with van der Waals surface area (Å²) in [7, 11) is 1.47. The fraction of sp³-hybridized carbons (Fsp3) is 0.345. The number of methoxy groups -OCH3 is 1. The summed E-state index contributed by atoms with van der Waals surface area (Å²) < 4.78 is 77.0. The second-order valence-electron chi connectivity index (χ2n) is 10.1. The molecule has 0 unspecified atom stereocenters. The molecular formula is C29H28F5N5O3. The number of aliphatic hydroxyl groups excluding tert-OH is 1. The van der Waals surface area contributed by atoms with Crippen LogP contribution < -0.4 is 4.74 Å². The zero-order valence-corrected chi connectivity index (χ0v) is 23.0. The van der Waals surface area contributed by atoms with Gasteiger partial charge in [0.2, 0.25) is 0 Å². The highest BCUT2D eigenvalue weighted by Crippen LogP contribution is 2.37. The third-order valence-electron chi connectivity index (χ3n) is 7.62. The predicted octanol–water partition coefficient (Wildman–Crippen LogP) is 4.89. The van der Waals surface area contributed by atoms with Crippen LogP contribution in [0.5, 0.6) is 5.75 Å². The van der Waals surface area contributed by atoms with Crippen LogP contribution in [0.4, 0.5) is 22.0 Å². The number of nitrogens with zero attached hydrogens (tertiary/aromatic N) is 5. The number of piperazine rings is 1. The predicted molar refractivity (Wildman–Crippen MR) is 143 cm³/mol. The quantitative estimate of drug-likeness (QED) is 0.323. The highest BCUT2D eigenvalue weighted by molar-refractivity contribution is 6.00. The monoisotopic (exact) mass is 589 g/mol. The Morgan fingerprint density at radius 3 is 2.48 bits per heavy atom. The Bertz CT molecular complexity index is 1620. The van der Waals surface area contributed by atoms with Crippen molar-refractivity contribution in [2.45, 2.75) is 32.1 Å². The SMILES string of the molecule is COc1ccc(-c2nc3c(C(=O)N4CCN([C@@H](CO)c5cccc(F)c5F)C[C@H]4C)cnn3c(C(F)(F)F)c2C)cc1. The van der Waals surface area contributed by atoms with Gasteiger partial charge in [-0.15, -0.1) is 0 Å². The van der Waals surface area contributed by atoms with Crippen molar-refractivity contribution < 1.29 is 36.6 Å². The Morgan fingerprint density at radius 1 is 1.14 bits per heavy atom. The maximum atomic E-state index is 14.5. The van der Waals surface area contributed by atoms with Crippen molar-refractivity contribution in [1.82, 2.24) is 24.4 Å². The van der Waals surface area contributed by atoms with Crippen LogP contribution in [0.1, 0.15) is 40.1 Å². The summed E-state index contributed by atoms with van der Waals surface area (Å²) in [6, 6.07) is 8.79. The van der Waals surface area contributed by atoms with E-state index in [1.165, 1.54) is 31.1 Å². The fourth-order valence-electron chi connectivity index (χ4n) is 5.50. The minimum atomic E-state index is -4.79. The molecule has 0 bridgehead atoms. The van der Waals surface area contributed by atoms with Gasteiger partial charge in [-0.2, -0.15) is 18.3 Å². The summed E-state index contributed by atoms with van der Waals surface area (Å²) in [6.07, 6.45) is -3.71. The summed E-state index contributed by atoms with van der Waals surface area (Å²) in [5.74, 6) is -2.13. The van der Waals surface area contributed by atoms with Gasteiger partial charge in [-0.1, -0.05) is 12.1 Å². The molecule has 0 spiro atoms. The molecule has 1 amide bonds. The zero-order valence-electron chi connectivity index (χ0n) is 23.0. The number of amides is 1. The second kappa shape index (κ2) is 11.3. The van der Waals surface area contributed by atoms with Crippen molar-refractivity contribution in [3.8, 4) is 17.0 Å². The summed E-state index contributed by atoms with van der Waals surface area (Å²) >= 11 is 0. The van der Waals surface area contributed by atoms with Gasteiger partial charge in [-0.25, -0.2) is 18.3 Å². The maximum absolute atomic E-state index is 14.5. The van der Waals surface area contributed by atoms with Crippen molar-refractivity contribution in [2.24, 2.45) is 0 Å². The third-order valence-corrected chi connectivity index (χ3v) is 7.62. The molecule has 3 heterocycles. The average molecular weight is 590 g/mol. The van der Waals surface area contributed by atoms with Crippen LogP contribution in [0.2, 0.25) is 0 Å². The molecular weight excluding hydrogens is 561 g/mol. The molecule has 2 aromatic carbocycles. The van der Waals surface area contributed by atoms with Gasteiger partial charge in [0.1, 0.15) is 11.3 Å². The van der Waals surface area contributed by atoms with Crippen molar-refractivity contribution in [3.63, 3.8) is 0 Å². The van der Waals surface area contributed by atoms with Gasteiger partial charge in [0.25, 0.3) is 5.91 Å². The normalized spacial score (nSPS) is 17.1. The van der Waals surface area contributed by atoms with E-state index in [0.29, 0.717) is 15.8 Å². The molecule has 1 aliphatic rings. The van der Waals surface area contributed by atoms with Crippen LogP contribution in [0.25, 0.3) is 16.9 Å². The van der Waals surface area contributed by atoms with E-state index in [0.717, 1.165) is 12.3 Å². The van der Waals surface area contributed by atoms with Gasteiger partial charge in [0.05, 0.1) is 31.6 Å². The number of aliphatic hydroxyl groups is 1. The first-order valence-corrected chi connectivity index (χ1v) is 13.2. The number of alkyl halides is 3. The Labute approximate surface area is 237 Å². The first-order chi connectivity index (χ1) is 20.0. The molecule has 1 saturated heterocycles. The Morgan fingerprint density at radius 2 is 1.86 bits per heavy atom. The number of ether oxygens (including phenoxy) is 1. The Kier molecular flexibility index (Phi) is 7.90. The number of hydrogen-bond acceptors (Lipinski definition) is 6. The highest BCUT2D eigenvalue weighted by atomic mass is 19.4. The molecule has 42 heavy (non-hydrogen) atoms. The summed E-state index contributed by atoms with van der Waals surface area (Å²) in [6.45, 7) is 3.07. The molecule has 1 fully saturated rings. The maximum Gasteiger partial charge on any atom is 0.433 e. The molecule has 8 nitrogen and oxygen atoms in total. The van der Waals surface area contributed by atoms with Gasteiger partial charge < -0.3 is 14.7 Å². The molecule has 4 aromatic rings. The highest BCUT2D eigenvalue weighted by Gasteiger charge is 2.40. The molecule has 1 N–H and O–H groups in total. The largest absolute Gasteiger partial charge is 0.497 e. The molecule has 0 aliphatic carbocycles. The Hall–Kier alpha value is -4.10. The first-order valence-electron chi connectivity index (χ1n) is 13.2. The van der Waals surface area contributed by atoms with Crippen molar-refractivity contribution in [2.75, 3.05) is 33.4 Å². The molecule has 0 radical (unpaired) electrons. The lowest BCUT2D eigenvalue weighted by molar-refractivity contribution is -0.143. The van der Waals surface area contributed by atoms with Crippen LogP contribution in [0.3, 0.4) is 0 Å². The average Bonchev–Trinajstić information content (AvgIpc) is 3.37. The summed E-state index contributed by atoms with van der Waals surface area (Å²) in [4.78, 5) is 21.4. The smallest absolute Gasteiger partial charge is 0.433 e. The van der Waals surface area contributed by atoms with Gasteiger partial charge >= 0.3 is 6.18 Å². The van der Waals surface area contributed by atoms with E-state index in [-0.39, 0.29) is 47.7 Å². The van der Waals surface area contributed by atoms with Gasteiger partial charge in [0, 0.05) is 42.4 Å². The van der Waals surface area contributed by atoms with Crippen LogP contribution in [-0.2, 0) is 6.18 Å². The van der Waals surface area contributed by atoms with E-state index in [4.69, 9.17) is 4.74 Å². The van der Waals surface area contributed by atoms with E-state index < -0.39 is 48.1 Å². The van der Waals surface area contributed by atoms with E-state index in [1.54, 1.807) is 36.1 Å². The number of halogens is 5. The zero-order chi connectivity index (χ0) is 30.3.